The molecular weight excluding hydrogens is 1520 g/mol. The molecule has 604 valence electrons. The van der Waals surface area contributed by atoms with Gasteiger partial charge in [0.1, 0.15) is 34.5 Å². The Morgan fingerprint density at radius 1 is 0.360 bits per heavy atom. The van der Waals surface area contributed by atoms with Crippen molar-refractivity contribution in [1.29, 1.82) is 0 Å². The van der Waals surface area contributed by atoms with E-state index in [1.54, 1.807) is 81.2 Å². The molecule has 4 aromatic heterocycles. The number of rotatable bonds is 32. The molecule has 0 saturated heterocycles. The van der Waals surface area contributed by atoms with Gasteiger partial charge in [-0.2, -0.15) is 29.0 Å². The summed E-state index contributed by atoms with van der Waals surface area (Å²) in [6, 6.07) is 52.2. The molecule has 10 aromatic rings. The Labute approximate surface area is 660 Å². The van der Waals surface area contributed by atoms with Crippen molar-refractivity contribution in [3.05, 3.63) is 227 Å². The van der Waals surface area contributed by atoms with E-state index >= 15 is 0 Å². The predicted octanol–water partition coefficient (Wildman–Crippen LogP) is 12.4. The molecule has 0 atom stereocenters. The quantitative estimate of drug-likeness (QED) is 0.0370. The summed E-state index contributed by atoms with van der Waals surface area (Å²) in [5.74, 6) is 4.66. The molecule has 3 N–H and O–H groups in total. The van der Waals surface area contributed by atoms with Gasteiger partial charge < -0.3 is 43.5 Å². The summed E-state index contributed by atoms with van der Waals surface area (Å²) in [6.07, 6.45) is 3.27. The predicted molar refractivity (Wildman–Crippen MR) is 431 cm³/mol. The van der Waals surface area contributed by atoms with Crippen molar-refractivity contribution in [2.45, 2.75) is 152 Å². The first kappa shape index (κ1) is 90.7. The Morgan fingerprint density at radius 3 is 0.865 bits per heavy atom. The molecule has 0 fully saturated rings. The number of nitrogens with one attached hydrogen (secondary N) is 1. The largest absolute Gasteiger partial charge is 0.497 e. The Hall–Kier alpha value is -9.19. The number of hydrogen-bond acceptors (Lipinski definition) is 21. The lowest BCUT2D eigenvalue weighted by Crippen LogP contribution is -2.30. The third-order valence-electron chi connectivity index (χ3n) is 16.5. The minimum absolute atomic E-state index is 0.0375. The van der Waals surface area contributed by atoms with Gasteiger partial charge in [-0.1, -0.05) is 72.8 Å². The Kier molecular flexibility index (Phi) is 34.7. The molecule has 0 aliphatic heterocycles. The molecule has 0 amide bonds. The smallest absolute Gasteiger partial charge is 0.280 e. The second-order valence-corrected chi connectivity index (χ2v) is 35.0. The summed E-state index contributed by atoms with van der Waals surface area (Å²) < 4.78 is 139. The van der Waals surface area contributed by atoms with Crippen LogP contribution in [0.2, 0.25) is 0 Å². The number of ether oxygens (including phenoxy) is 6. The number of primary sulfonamides is 1. The maximum absolute atomic E-state index is 13.8. The summed E-state index contributed by atoms with van der Waals surface area (Å²) in [5.41, 5.74) is 7.61. The topological polar surface area (TPSA) is 314 Å². The first-order valence-electron chi connectivity index (χ1n) is 35.4. The van der Waals surface area contributed by atoms with Gasteiger partial charge in [0.15, 0.2) is 20.1 Å². The summed E-state index contributed by atoms with van der Waals surface area (Å²) in [5, 5.41) is 25.0. The molecule has 28 nitrogen and oxygen atoms in total. The van der Waals surface area contributed by atoms with Crippen molar-refractivity contribution in [3.8, 4) is 34.5 Å². The molecule has 0 unspecified atom stereocenters. The second-order valence-electron chi connectivity index (χ2n) is 27.2. The lowest BCUT2D eigenvalue weighted by Gasteiger charge is -2.22. The van der Waals surface area contributed by atoms with Crippen LogP contribution in [0.4, 0.5) is 0 Å². The molecule has 4 heterocycles. The van der Waals surface area contributed by atoms with Crippen molar-refractivity contribution in [2.24, 2.45) is 5.14 Å². The molecule has 0 spiro atoms. The number of benzene rings is 6. The van der Waals surface area contributed by atoms with Crippen LogP contribution in [0.1, 0.15) is 124 Å². The van der Waals surface area contributed by atoms with E-state index < -0.39 is 39.1 Å². The Morgan fingerprint density at radius 2 is 0.622 bits per heavy atom. The number of nitrogens with two attached hydrogens (primary N) is 1. The number of aromatic nitrogens is 8. The molecule has 0 aliphatic carbocycles. The van der Waals surface area contributed by atoms with E-state index in [4.69, 9.17) is 44.2 Å². The molecular formula is C78H107ClN14O14S4. The molecule has 0 aliphatic rings. The maximum Gasteiger partial charge on any atom is 0.280 e. The van der Waals surface area contributed by atoms with Crippen LogP contribution >= 0.6 is 10.7 Å². The van der Waals surface area contributed by atoms with E-state index in [2.05, 4.69) is 50.0 Å². The third-order valence-corrected chi connectivity index (χ3v) is 21.9. The van der Waals surface area contributed by atoms with Crippen LogP contribution in [0.3, 0.4) is 0 Å². The highest BCUT2D eigenvalue weighted by molar-refractivity contribution is 8.13. The van der Waals surface area contributed by atoms with Gasteiger partial charge in [-0.05, 0) is 202 Å². The molecule has 0 saturated carbocycles. The fraction of sp³-hybridized carbons (Fsp3) is 0.385. The molecule has 6 aromatic carbocycles. The van der Waals surface area contributed by atoms with Crippen LogP contribution in [-0.4, -0.2) is 162 Å². The molecule has 0 radical (unpaired) electrons. The van der Waals surface area contributed by atoms with E-state index in [1.165, 1.54) is 36.6 Å². The lowest BCUT2D eigenvalue weighted by molar-refractivity contribution is 0.371. The van der Waals surface area contributed by atoms with Crippen molar-refractivity contribution in [2.75, 3.05) is 70.8 Å². The highest BCUT2D eigenvalue weighted by Crippen LogP contribution is 2.28. The minimum Gasteiger partial charge on any atom is -0.497 e. The molecule has 33 heteroatoms. The number of nitrogens with zero attached hydrogens (tertiary/aromatic N) is 12. The van der Waals surface area contributed by atoms with Gasteiger partial charge in [0, 0.05) is 112 Å². The normalized spacial score (nSPS) is 11.8. The van der Waals surface area contributed by atoms with E-state index in [-0.39, 0.29) is 70.5 Å². The van der Waals surface area contributed by atoms with E-state index in [0.29, 0.717) is 13.1 Å². The zero-order chi connectivity index (χ0) is 82.0. The van der Waals surface area contributed by atoms with Gasteiger partial charge in [0.2, 0.25) is 0 Å². The summed E-state index contributed by atoms with van der Waals surface area (Å²) in [7, 11) is 7.47. The van der Waals surface area contributed by atoms with Crippen LogP contribution in [0, 0.1) is 0 Å². The Balaban J connectivity index is 0.000000227. The van der Waals surface area contributed by atoms with Crippen LogP contribution in [0.15, 0.2) is 202 Å². The first-order valence-corrected chi connectivity index (χ1v) is 42.2. The van der Waals surface area contributed by atoms with Gasteiger partial charge in [0.25, 0.3) is 39.1 Å². The summed E-state index contributed by atoms with van der Waals surface area (Å²) in [4.78, 5) is 3.95. The van der Waals surface area contributed by atoms with Gasteiger partial charge in [-0.15, -0.1) is 0 Å². The van der Waals surface area contributed by atoms with Crippen molar-refractivity contribution in [1.82, 2.24) is 62.8 Å². The fourth-order valence-corrected chi connectivity index (χ4v) is 14.5. The third kappa shape index (κ3) is 28.2. The highest BCUT2D eigenvalue weighted by Gasteiger charge is 2.31. The first-order chi connectivity index (χ1) is 52.4. The molecule has 10 rings (SSSR count). The van der Waals surface area contributed by atoms with Gasteiger partial charge >= 0.3 is 0 Å². The zero-order valence-corrected chi connectivity index (χ0v) is 70.5. The van der Waals surface area contributed by atoms with Crippen LogP contribution in [-0.2, 0) is 91.5 Å². The summed E-state index contributed by atoms with van der Waals surface area (Å²) in [6.45, 7) is 19.3. The van der Waals surface area contributed by atoms with Crippen LogP contribution < -0.4 is 38.9 Å². The van der Waals surface area contributed by atoms with E-state index in [0.717, 1.165) is 81.2 Å². The number of hydrogen-bond donors (Lipinski definition) is 2. The van der Waals surface area contributed by atoms with Crippen LogP contribution in [0.25, 0.3) is 0 Å². The van der Waals surface area contributed by atoms with Crippen molar-refractivity contribution in [3.63, 3.8) is 0 Å². The van der Waals surface area contributed by atoms with E-state index in [9.17, 15) is 33.7 Å². The van der Waals surface area contributed by atoms with Gasteiger partial charge in [-0.25, -0.2) is 38.8 Å². The standard InChI is InChI=1S/C25H34N4O4S.C22H27N3O4S.C16H19NO2.C9H18N4O2S.C6H9ClN2O2S/c1-19(2)29-22(18-27(3)4)15-25(26-29)34(30,31)28(16-20-7-11-23(32-5)12-8-20)17-21-9-13-24(33-6)14-10-21;1-17(2)25-14-13-22(23-25)30(26,27)24(15-18-5-9-20(28-3)10-6-18)16-19-7-11-21(29-4)12-8-19;1-18-15-7-3-13(4-8-15)11-17-12-14-5-9-16(19-2)10-6-14;1-7(2)13-8(6-12(3)4)5-9(11-13)16(10,14)15;1-5(2)9-4-3-6(8-9)12(7,10)11/h7-15,19H,16-18H2,1-6H3;5-14,17H,15-16H2,1-4H3;3-10,17H,11-12H2,1-2H3;5,7H,6H2,1-4H3,(H2,10,14,15);3-5H,1-2H3. The van der Waals surface area contributed by atoms with Crippen LogP contribution in [0.5, 0.6) is 34.5 Å². The van der Waals surface area contributed by atoms with Gasteiger partial charge in [0.05, 0.1) is 54.0 Å². The Bertz CT molecular complexity index is 4800. The second kappa shape index (κ2) is 42.5. The van der Waals surface area contributed by atoms with Crippen molar-refractivity contribution >= 4 is 49.8 Å². The summed E-state index contributed by atoms with van der Waals surface area (Å²) >= 11 is 0. The number of sulfonamides is 3. The average molecular weight is 1630 g/mol. The van der Waals surface area contributed by atoms with E-state index in [1.807, 2.05) is 215 Å². The minimum atomic E-state index is -3.88. The monoisotopic (exact) mass is 1630 g/mol. The molecule has 111 heavy (non-hydrogen) atoms. The maximum atomic E-state index is 13.8. The molecule has 0 bridgehead atoms. The zero-order valence-electron chi connectivity index (χ0n) is 66.5. The average Bonchev–Trinajstić information content (AvgIpc) is 1.65. The highest BCUT2D eigenvalue weighted by atomic mass is 35.7. The lowest BCUT2D eigenvalue weighted by atomic mass is 10.2. The van der Waals surface area contributed by atoms with Crippen molar-refractivity contribution < 1.29 is 62.1 Å². The van der Waals surface area contributed by atoms with Gasteiger partial charge in [-0.3, -0.25) is 18.7 Å². The fourth-order valence-electron chi connectivity index (χ4n) is 10.6. The number of halogens is 1. The number of methoxy groups -OCH3 is 6. The SMILES string of the molecule is CC(C)n1ccc(S(=O)(=O)Cl)n1.CC(C)n1nc(S(N)(=O)=O)cc1CN(C)C.COc1ccc(CN(Cc2ccc(OC)cc2)S(=O)(=O)c2cc(CN(C)C)n(C(C)C)n2)cc1.COc1ccc(CN(Cc2ccc(OC)cc2)S(=O)(=O)c2ccn(C(C)C)n2)cc1.COc1ccc(CNCc2ccc(OC)cc2)cc1.